The van der Waals surface area contributed by atoms with E-state index in [1.807, 2.05) is 55.5 Å². The van der Waals surface area contributed by atoms with Gasteiger partial charge in [0.25, 0.3) is 0 Å². The molecule has 144 valence electrons. The highest BCUT2D eigenvalue weighted by molar-refractivity contribution is 7.80. The average molecular weight is 388 g/mol. The van der Waals surface area contributed by atoms with Crippen molar-refractivity contribution in [3.63, 3.8) is 0 Å². The van der Waals surface area contributed by atoms with E-state index in [9.17, 15) is 0 Å². The van der Waals surface area contributed by atoms with E-state index in [0.717, 1.165) is 11.1 Å². The topological polar surface area (TPSA) is 64.1 Å². The summed E-state index contributed by atoms with van der Waals surface area (Å²) in [5.41, 5.74) is 4.74. The van der Waals surface area contributed by atoms with Crippen LogP contribution in [0.2, 0.25) is 0 Å². The highest BCUT2D eigenvalue weighted by Gasteiger charge is 2.06. The predicted octanol–water partition coefficient (Wildman–Crippen LogP) is 3.11. The van der Waals surface area contributed by atoms with Crippen LogP contribution in [0, 0.1) is 0 Å². The lowest BCUT2D eigenvalue weighted by atomic mass is 10.2. The molecule has 0 aliphatic carbocycles. The number of hydrazone groups is 1. The van der Waals surface area contributed by atoms with Gasteiger partial charge in [-0.15, -0.1) is 0 Å². The molecule has 27 heavy (non-hydrogen) atoms. The van der Waals surface area contributed by atoms with Gasteiger partial charge in [-0.25, -0.2) is 0 Å². The van der Waals surface area contributed by atoms with E-state index in [1.54, 1.807) is 20.4 Å². The number of ether oxygens (including phenoxy) is 3. The summed E-state index contributed by atoms with van der Waals surface area (Å²) in [4.78, 5) is 0. The van der Waals surface area contributed by atoms with Crippen molar-refractivity contribution in [2.75, 3.05) is 20.8 Å². The van der Waals surface area contributed by atoms with Gasteiger partial charge in [-0.3, -0.25) is 5.43 Å². The average Bonchev–Trinajstić information content (AvgIpc) is 2.67. The molecule has 0 heterocycles. The zero-order chi connectivity index (χ0) is 19.5. The molecule has 0 spiro atoms. The molecule has 2 N–H and O–H groups in total. The fourth-order valence-corrected chi connectivity index (χ4v) is 2.59. The number of nitrogens with one attached hydrogen (secondary N) is 2. The Morgan fingerprint density at radius 3 is 2.63 bits per heavy atom. The molecule has 7 heteroatoms. The zero-order valence-electron chi connectivity index (χ0n) is 15.8. The van der Waals surface area contributed by atoms with Gasteiger partial charge in [0, 0.05) is 13.2 Å². The minimum atomic E-state index is 0.103. The van der Waals surface area contributed by atoms with Gasteiger partial charge in [-0.05, 0) is 48.5 Å². The Hall–Kier alpha value is -2.64. The molecule has 0 unspecified atom stereocenters. The maximum absolute atomic E-state index is 5.85. The van der Waals surface area contributed by atoms with Crippen LogP contribution < -0.4 is 20.2 Å². The van der Waals surface area contributed by atoms with Gasteiger partial charge in [0.2, 0.25) is 0 Å². The highest BCUT2D eigenvalue weighted by atomic mass is 32.1. The normalized spacial score (nSPS) is 11.8. The molecule has 0 radical (unpaired) electrons. The summed E-state index contributed by atoms with van der Waals surface area (Å²) in [5.74, 6) is 1.32. The summed E-state index contributed by atoms with van der Waals surface area (Å²) >= 11 is 5.17. The van der Waals surface area contributed by atoms with Crippen LogP contribution in [0.15, 0.2) is 53.6 Å². The molecule has 0 saturated carbocycles. The SMILES string of the molecule is COC[C@H](C)NC(=S)N/N=C\c1ccc(OCc2ccccc2)c(OC)c1. The van der Waals surface area contributed by atoms with Crippen LogP contribution in [0.5, 0.6) is 11.5 Å². The third-order valence-corrected chi connectivity index (χ3v) is 3.81. The smallest absolute Gasteiger partial charge is 0.187 e. The zero-order valence-corrected chi connectivity index (χ0v) is 16.6. The van der Waals surface area contributed by atoms with Crippen LogP contribution >= 0.6 is 12.2 Å². The maximum Gasteiger partial charge on any atom is 0.187 e. The Morgan fingerprint density at radius 1 is 1.15 bits per heavy atom. The van der Waals surface area contributed by atoms with E-state index in [-0.39, 0.29) is 6.04 Å². The third kappa shape index (κ3) is 7.24. The standard InChI is InChI=1S/C20H25N3O3S/c1-15(13-24-2)22-20(27)23-21-12-17-9-10-18(19(11-17)25-3)26-14-16-7-5-4-6-8-16/h4-12,15H,13-14H2,1-3H3,(H2,22,23,27)/b21-12-/t15-/m0/s1. The quantitative estimate of drug-likeness (QED) is 0.392. The Labute approximate surface area is 165 Å². The molecule has 2 aromatic rings. The van der Waals surface area contributed by atoms with E-state index in [1.165, 1.54) is 0 Å². The Morgan fingerprint density at radius 2 is 1.93 bits per heavy atom. The van der Waals surface area contributed by atoms with Gasteiger partial charge in [0.05, 0.1) is 19.9 Å². The first-order chi connectivity index (χ1) is 13.1. The highest BCUT2D eigenvalue weighted by Crippen LogP contribution is 2.28. The molecule has 0 aliphatic heterocycles. The van der Waals surface area contributed by atoms with Crippen molar-refractivity contribution < 1.29 is 14.2 Å². The minimum absolute atomic E-state index is 0.103. The summed E-state index contributed by atoms with van der Waals surface area (Å²) in [7, 11) is 3.26. The number of methoxy groups -OCH3 is 2. The Bertz CT molecular complexity index is 753. The van der Waals surface area contributed by atoms with Gasteiger partial charge in [-0.1, -0.05) is 30.3 Å². The summed E-state index contributed by atoms with van der Waals surface area (Å²) in [5, 5.41) is 7.64. The van der Waals surface area contributed by atoms with E-state index < -0.39 is 0 Å². The third-order valence-electron chi connectivity index (χ3n) is 3.60. The van der Waals surface area contributed by atoms with Crippen LogP contribution in [-0.2, 0) is 11.3 Å². The number of rotatable bonds is 9. The minimum Gasteiger partial charge on any atom is -0.493 e. The Balaban J connectivity index is 1.91. The Kier molecular flexibility index (Phi) is 8.54. The molecule has 2 aromatic carbocycles. The number of hydrogen-bond donors (Lipinski definition) is 2. The van der Waals surface area contributed by atoms with Gasteiger partial charge in [0.15, 0.2) is 16.6 Å². The van der Waals surface area contributed by atoms with E-state index >= 15 is 0 Å². The van der Waals surface area contributed by atoms with E-state index in [4.69, 9.17) is 26.4 Å². The molecular weight excluding hydrogens is 362 g/mol. The predicted molar refractivity (Wildman–Crippen MR) is 112 cm³/mol. The second-order valence-electron chi connectivity index (χ2n) is 5.88. The van der Waals surface area contributed by atoms with Crippen molar-refractivity contribution in [3.8, 4) is 11.5 Å². The summed E-state index contributed by atoms with van der Waals surface area (Å²) < 4.78 is 16.3. The van der Waals surface area contributed by atoms with Crippen molar-refractivity contribution in [2.45, 2.75) is 19.6 Å². The molecular formula is C20H25N3O3S. The van der Waals surface area contributed by atoms with Gasteiger partial charge in [0.1, 0.15) is 6.61 Å². The molecule has 2 rings (SSSR count). The fourth-order valence-electron chi connectivity index (χ4n) is 2.33. The monoisotopic (exact) mass is 387 g/mol. The summed E-state index contributed by atoms with van der Waals surface area (Å²) in [6.45, 7) is 3.01. The first-order valence-corrected chi connectivity index (χ1v) is 8.96. The molecule has 0 bridgehead atoms. The molecule has 0 aromatic heterocycles. The lowest BCUT2D eigenvalue weighted by molar-refractivity contribution is 0.179. The maximum atomic E-state index is 5.85. The number of nitrogens with zero attached hydrogens (tertiary/aromatic N) is 1. The van der Waals surface area contributed by atoms with Gasteiger partial charge >= 0.3 is 0 Å². The molecule has 1 atom stereocenters. The molecule has 0 amide bonds. The molecule has 0 aliphatic rings. The van der Waals surface area contributed by atoms with Crippen molar-refractivity contribution >= 4 is 23.5 Å². The lowest BCUT2D eigenvalue weighted by Crippen LogP contribution is -2.40. The van der Waals surface area contributed by atoms with Crippen LogP contribution in [0.4, 0.5) is 0 Å². The number of thiocarbonyl (C=S) groups is 1. The number of benzene rings is 2. The summed E-state index contributed by atoms with van der Waals surface area (Å²) in [6, 6.07) is 15.7. The van der Waals surface area contributed by atoms with Crippen LogP contribution in [-0.4, -0.2) is 38.2 Å². The fraction of sp³-hybridized carbons (Fsp3) is 0.300. The number of hydrogen-bond acceptors (Lipinski definition) is 5. The second kappa shape index (κ2) is 11.2. The van der Waals surface area contributed by atoms with Crippen molar-refractivity contribution in [2.24, 2.45) is 5.10 Å². The van der Waals surface area contributed by atoms with Crippen LogP contribution in [0.25, 0.3) is 0 Å². The molecule has 0 fully saturated rings. The molecule has 6 nitrogen and oxygen atoms in total. The van der Waals surface area contributed by atoms with Gasteiger partial charge in [-0.2, -0.15) is 5.10 Å². The van der Waals surface area contributed by atoms with Crippen molar-refractivity contribution in [3.05, 3.63) is 59.7 Å². The first kappa shape index (κ1) is 20.7. The van der Waals surface area contributed by atoms with E-state index in [2.05, 4.69) is 15.8 Å². The van der Waals surface area contributed by atoms with Gasteiger partial charge < -0.3 is 19.5 Å². The van der Waals surface area contributed by atoms with Crippen LogP contribution in [0.1, 0.15) is 18.1 Å². The molecule has 0 saturated heterocycles. The largest absolute Gasteiger partial charge is 0.493 e. The second-order valence-corrected chi connectivity index (χ2v) is 6.29. The summed E-state index contributed by atoms with van der Waals surface area (Å²) in [6.07, 6.45) is 1.67. The van der Waals surface area contributed by atoms with E-state index in [0.29, 0.717) is 29.8 Å². The van der Waals surface area contributed by atoms with Crippen LogP contribution in [0.3, 0.4) is 0 Å². The van der Waals surface area contributed by atoms with Crippen molar-refractivity contribution in [1.82, 2.24) is 10.7 Å². The first-order valence-electron chi connectivity index (χ1n) is 8.55. The lowest BCUT2D eigenvalue weighted by Gasteiger charge is -2.14. The van der Waals surface area contributed by atoms with Crippen molar-refractivity contribution in [1.29, 1.82) is 0 Å².